The number of aryl methyl sites for hydroxylation is 2. The number of fused-ring (bicyclic) bond motifs is 1. The lowest BCUT2D eigenvalue weighted by atomic mass is 9.92. The molecule has 0 bridgehead atoms. The first-order valence-electron chi connectivity index (χ1n) is 17.3. The van der Waals surface area contributed by atoms with Crippen LogP contribution in [0.4, 0.5) is 10.2 Å². The first kappa shape index (κ1) is 39.2. The molecule has 2 amide bonds. The summed E-state index contributed by atoms with van der Waals surface area (Å²) in [5.74, 6) is -1.84. The Morgan fingerprint density at radius 3 is 2.45 bits per heavy atom. The number of halogens is 1. The minimum Gasteiger partial charge on any atom is -0.464 e. The minimum absolute atomic E-state index is 0.0629. The molecule has 0 saturated carbocycles. The van der Waals surface area contributed by atoms with Crippen molar-refractivity contribution in [1.82, 2.24) is 24.8 Å². The fourth-order valence-electron chi connectivity index (χ4n) is 6.04. The normalized spacial score (nSPS) is 14.9. The summed E-state index contributed by atoms with van der Waals surface area (Å²) >= 11 is 0. The SMILES string of the molecule is C=CCOC1(C)CCN(c2c([C@H](OC(C)(C)C)C(=O)OCC)c(C)nc3cc(CNC(=O)C(=O)N(CC=C)Cc4ccc(F)c(C)c4)nn23)CC1. The van der Waals surface area contributed by atoms with Crippen LogP contribution < -0.4 is 10.2 Å². The Labute approximate surface area is 299 Å². The van der Waals surface area contributed by atoms with E-state index < -0.39 is 29.5 Å². The fourth-order valence-corrected chi connectivity index (χ4v) is 6.04. The highest BCUT2D eigenvalue weighted by atomic mass is 19.1. The third kappa shape index (κ3) is 9.79. The molecule has 1 atom stereocenters. The Morgan fingerprint density at radius 2 is 1.84 bits per heavy atom. The molecule has 51 heavy (non-hydrogen) atoms. The summed E-state index contributed by atoms with van der Waals surface area (Å²) in [6.07, 6.45) is 3.59. The number of hydrogen-bond donors (Lipinski definition) is 1. The van der Waals surface area contributed by atoms with E-state index in [1.165, 1.54) is 17.0 Å². The number of carbonyl (C=O) groups excluding carboxylic acids is 3. The molecule has 0 spiro atoms. The summed E-state index contributed by atoms with van der Waals surface area (Å²) in [7, 11) is 0. The van der Waals surface area contributed by atoms with E-state index in [1.54, 1.807) is 42.6 Å². The molecular formula is C38H51FN6O6. The molecule has 0 radical (unpaired) electrons. The van der Waals surface area contributed by atoms with Crippen molar-refractivity contribution in [3.8, 4) is 0 Å². The van der Waals surface area contributed by atoms with Gasteiger partial charge in [0.2, 0.25) is 0 Å². The number of carbonyl (C=O) groups is 3. The molecule has 2 aromatic heterocycles. The topological polar surface area (TPSA) is 128 Å². The van der Waals surface area contributed by atoms with Gasteiger partial charge in [0.05, 0.1) is 42.2 Å². The maximum atomic E-state index is 13.8. The zero-order valence-corrected chi connectivity index (χ0v) is 30.9. The number of hydrogen-bond acceptors (Lipinski definition) is 9. The van der Waals surface area contributed by atoms with Gasteiger partial charge in [0, 0.05) is 37.9 Å². The molecule has 1 fully saturated rings. The number of anilines is 1. The molecular weight excluding hydrogens is 655 g/mol. The lowest BCUT2D eigenvalue weighted by molar-refractivity contribution is -0.167. The van der Waals surface area contributed by atoms with E-state index in [1.807, 2.05) is 27.7 Å². The second-order valence-electron chi connectivity index (χ2n) is 14.0. The molecule has 1 aliphatic heterocycles. The van der Waals surface area contributed by atoms with Gasteiger partial charge in [-0.2, -0.15) is 9.61 Å². The van der Waals surface area contributed by atoms with Crippen LogP contribution in [0.5, 0.6) is 0 Å². The van der Waals surface area contributed by atoms with Gasteiger partial charge in [0.25, 0.3) is 0 Å². The molecule has 1 aliphatic rings. The Hall–Kier alpha value is -4.62. The van der Waals surface area contributed by atoms with Gasteiger partial charge in [-0.25, -0.2) is 14.2 Å². The number of piperidine rings is 1. The largest absolute Gasteiger partial charge is 0.464 e. The predicted octanol–water partition coefficient (Wildman–Crippen LogP) is 5.30. The van der Waals surface area contributed by atoms with Crippen LogP contribution >= 0.6 is 0 Å². The highest BCUT2D eigenvalue weighted by molar-refractivity contribution is 6.34. The van der Waals surface area contributed by atoms with Crippen molar-refractivity contribution in [3.63, 3.8) is 0 Å². The third-order valence-corrected chi connectivity index (χ3v) is 8.62. The van der Waals surface area contributed by atoms with Crippen molar-refractivity contribution in [2.45, 2.75) is 91.7 Å². The molecule has 1 N–H and O–H groups in total. The van der Waals surface area contributed by atoms with Crippen LogP contribution in [0.15, 0.2) is 49.6 Å². The molecule has 3 aromatic rings. The number of amides is 2. The highest BCUT2D eigenvalue weighted by Gasteiger charge is 2.38. The van der Waals surface area contributed by atoms with Crippen LogP contribution in [0.2, 0.25) is 0 Å². The van der Waals surface area contributed by atoms with Crippen molar-refractivity contribution in [3.05, 3.63) is 83.5 Å². The number of rotatable bonds is 14. The van der Waals surface area contributed by atoms with Gasteiger partial charge in [-0.1, -0.05) is 24.3 Å². The van der Waals surface area contributed by atoms with E-state index in [4.69, 9.17) is 24.3 Å². The number of nitrogens with zero attached hydrogens (tertiary/aromatic N) is 5. The van der Waals surface area contributed by atoms with Gasteiger partial charge < -0.3 is 29.3 Å². The lowest BCUT2D eigenvalue weighted by Gasteiger charge is -2.41. The number of aromatic nitrogens is 3. The first-order valence-corrected chi connectivity index (χ1v) is 17.3. The average molecular weight is 707 g/mol. The number of esters is 1. The number of benzene rings is 1. The van der Waals surface area contributed by atoms with Crippen LogP contribution in [0.3, 0.4) is 0 Å². The summed E-state index contributed by atoms with van der Waals surface area (Å²) in [4.78, 5) is 48.2. The molecule has 1 aromatic carbocycles. The third-order valence-electron chi connectivity index (χ3n) is 8.62. The van der Waals surface area contributed by atoms with E-state index in [2.05, 4.69) is 30.3 Å². The average Bonchev–Trinajstić information content (AvgIpc) is 3.48. The maximum absolute atomic E-state index is 13.8. The first-order chi connectivity index (χ1) is 24.1. The smallest absolute Gasteiger partial charge is 0.340 e. The molecule has 12 nitrogen and oxygen atoms in total. The van der Waals surface area contributed by atoms with Gasteiger partial charge in [0.15, 0.2) is 11.8 Å². The van der Waals surface area contributed by atoms with Crippen molar-refractivity contribution < 1.29 is 33.0 Å². The second-order valence-corrected chi connectivity index (χ2v) is 14.0. The molecule has 1 saturated heterocycles. The lowest BCUT2D eigenvalue weighted by Crippen LogP contribution is -2.45. The monoisotopic (exact) mass is 706 g/mol. The summed E-state index contributed by atoms with van der Waals surface area (Å²) in [6.45, 7) is 22.4. The number of ether oxygens (including phenoxy) is 3. The van der Waals surface area contributed by atoms with E-state index in [0.29, 0.717) is 72.1 Å². The minimum atomic E-state index is -1.09. The standard InChI is InChI=1S/C38H51FN6O6/c1-10-17-44(24-27-13-14-29(39)25(4)21-27)35(47)33(46)40-23-28-22-30-41-26(5)31(32(36(48)49-12-3)51-37(6,7)8)34(45(30)42-28)43-18-15-38(9,16-19-43)50-20-11-2/h10-11,13-14,21-22,32H,1-2,12,15-20,23-24H2,3-9H3,(H,40,46)/t32-/m0/s1. The Bertz CT molecular complexity index is 1760. The van der Waals surface area contributed by atoms with Crippen LogP contribution in [0.1, 0.15) is 81.6 Å². The van der Waals surface area contributed by atoms with Crippen molar-refractivity contribution in [2.75, 3.05) is 37.7 Å². The summed E-state index contributed by atoms with van der Waals surface area (Å²) in [5.41, 5.74) is 2.13. The molecule has 13 heteroatoms. The van der Waals surface area contributed by atoms with Crippen molar-refractivity contribution in [1.29, 1.82) is 0 Å². The van der Waals surface area contributed by atoms with E-state index in [-0.39, 0.29) is 37.7 Å². The quantitative estimate of drug-likeness (QED) is 0.135. The van der Waals surface area contributed by atoms with Crippen molar-refractivity contribution in [2.24, 2.45) is 0 Å². The summed E-state index contributed by atoms with van der Waals surface area (Å²) in [5, 5.41) is 7.51. The second kappa shape index (κ2) is 16.6. The molecule has 3 heterocycles. The molecule has 4 rings (SSSR count). The molecule has 0 unspecified atom stereocenters. The zero-order valence-electron chi connectivity index (χ0n) is 30.9. The fraction of sp³-hybridized carbons (Fsp3) is 0.500. The Balaban J connectivity index is 1.67. The van der Waals surface area contributed by atoms with Crippen LogP contribution in [-0.2, 0) is 41.7 Å². The Kier molecular flexibility index (Phi) is 12.7. The van der Waals surface area contributed by atoms with Gasteiger partial charge in [-0.05, 0) is 78.5 Å². The molecule has 0 aliphatic carbocycles. The van der Waals surface area contributed by atoms with Crippen molar-refractivity contribution >= 4 is 29.2 Å². The van der Waals surface area contributed by atoms with Gasteiger partial charge in [-0.3, -0.25) is 9.59 Å². The van der Waals surface area contributed by atoms with Gasteiger partial charge >= 0.3 is 17.8 Å². The van der Waals surface area contributed by atoms with E-state index in [9.17, 15) is 18.8 Å². The number of nitrogens with one attached hydrogen (secondary N) is 1. The predicted molar refractivity (Wildman–Crippen MR) is 193 cm³/mol. The van der Waals surface area contributed by atoms with E-state index in [0.717, 1.165) is 0 Å². The van der Waals surface area contributed by atoms with Crippen LogP contribution in [0, 0.1) is 19.7 Å². The van der Waals surface area contributed by atoms with E-state index >= 15 is 0 Å². The van der Waals surface area contributed by atoms with Crippen LogP contribution in [-0.4, -0.2) is 81.3 Å². The zero-order chi connectivity index (χ0) is 37.5. The summed E-state index contributed by atoms with van der Waals surface area (Å²) < 4.78 is 33.4. The van der Waals surface area contributed by atoms with Crippen LogP contribution in [0.25, 0.3) is 5.65 Å². The van der Waals surface area contributed by atoms with Gasteiger partial charge in [-0.15, -0.1) is 13.2 Å². The van der Waals surface area contributed by atoms with Gasteiger partial charge in [0.1, 0.15) is 11.6 Å². The maximum Gasteiger partial charge on any atom is 0.340 e. The summed E-state index contributed by atoms with van der Waals surface area (Å²) in [6, 6.07) is 6.30. The Morgan fingerprint density at radius 1 is 1.14 bits per heavy atom. The molecule has 276 valence electrons. The highest BCUT2D eigenvalue weighted by Crippen LogP contribution is 2.38.